The first-order valence-corrected chi connectivity index (χ1v) is 12.4. The number of hydrogen-bond acceptors (Lipinski definition) is 4. The fraction of sp³-hybridized carbons (Fsp3) is 0.500. The lowest BCUT2D eigenvalue weighted by atomic mass is 9.74. The van der Waals surface area contributed by atoms with E-state index in [9.17, 15) is 13.3 Å². The summed E-state index contributed by atoms with van der Waals surface area (Å²) in [5.74, 6) is -0.793. The van der Waals surface area contributed by atoms with Crippen LogP contribution in [0, 0.1) is 11.6 Å². The molecule has 1 unspecified atom stereocenters. The molecular formula is C24H32F2NO4P. The molecule has 0 aliphatic carbocycles. The van der Waals surface area contributed by atoms with Gasteiger partial charge in [-0.25, -0.2) is 8.78 Å². The van der Waals surface area contributed by atoms with Gasteiger partial charge in [-0.15, -0.1) is 0 Å². The van der Waals surface area contributed by atoms with Crippen molar-refractivity contribution >= 4 is 8.25 Å². The van der Waals surface area contributed by atoms with Crippen LogP contribution in [0.4, 0.5) is 8.78 Å². The van der Waals surface area contributed by atoms with Crippen LogP contribution < -0.4 is 5.32 Å². The maximum absolute atomic E-state index is 14.4. The molecule has 1 atom stereocenters. The predicted octanol–water partition coefficient (Wildman–Crippen LogP) is 4.91. The molecule has 1 saturated heterocycles. The largest absolute Gasteiger partial charge is 0.379 e. The summed E-state index contributed by atoms with van der Waals surface area (Å²) in [6, 6.07) is 13.0. The van der Waals surface area contributed by atoms with Crippen LogP contribution in [-0.4, -0.2) is 31.3 Å². The number of benzene rings is 2. The number of aryl methyl sites for hydroxylation is 1. The minimum Gasteiger partial charge on any atom is -0.379 e. The monoisotopic (exact) mass is 467 g/mol. The van der Waals surface area contributed by atoms with Gasteiger partial charge in [0.15, 0.2) is 0 Å². The molecule has 176 valence electrons. The Hall–Kier alpha value is -1.63. The molecular weight excluding hydrogens is 435 g/mol. The molecule has 2 aromatic carbocycles. The molecule has 32 heavy (non-hydrogen) atoms. The number of rotatable bonds is 14. The first kappa shape index (κ1) is 25.0. The van der Waals surface area contributed by atoms with E-state index in [1.54, 1.807) is 0 Å². The van der Waals surface area contributed by atoms with E-state index in [-0.39, 0.29) is 29.9 Å². The number of nitrogens with one attached hydrogen (secondary N) is 1. The molecule has 0 bridgehead atoms. The average Bonchev–Trinajstić information content (AvgIpc) is 2.75. The van der Waals surface area contributed by atoms with E-state index in [4.69, 9.17) is 9.63 Å². The van der Waals surface area contributed by atoms with Gasteiger partial charge in [-0.05, 0) is 55.5 Å². The van der Waals surface area contributed by atoms with Crippen molar-refractivity contribution in [1.82, 2.24) is 5.32 Å². The molecule has 1 heterocycles. The van der Waals surface area contributed by atoms with Crippen molar-refractivity contribution in [3.05, 3.63) is 70.8 Å². The van der Waals surface area contributed by atoms with E-state index in [0.29, 0.717) is 24.9 Å². The normalized spacial score (nSPS) is 16.0. The van der Waals surface area contributed by atoms with E-state index in [1.165, 1.54) is 17.7 Å². The minimum absolute atomic E-state index is 0.107. The lowest BCUT2D eigenvalue weighted by Gasteiger charge is -2.42. The molecule has 0 radical (unpaired) electrons. The Morgan fingerprint density at radius 2 is 1.75 bits per heavy atom. The van der Waals surface area contributed by atoms with Crippen molar-refractivity contribution in [3.63, 3.8) is 0 Å². The van der Waals surface area contributed by atoms with Crippen molar-refractivity contribution in [2.24, 2.45) is 0 Å². The zero-order valence-electron chi connectivity index (χ0n) is 18.2. The van der Waals surface area contributed by atoms with Gasteiger partial charge in [0.1, 0.15) is 11.6 Å². The van der Waals surface area contributed by atoms with Gasteiger partial charge in [0, 0.05) is 17.5 Å². The van der Waals surface area contributed by atoms with Crippen molar-refractivity contribution < 1.29 is 27.5 Å². The minimum atomic E-state index is -2.91. The molecule has 2 aromatic rings. The SMILES string of the molecule is O=[PH](O)OCCCNCc1cc(F)c(CCCCCC2(c3ccccc3)COC2)cc1F. The highest BCUT2D eigenvalue weighted by Gasteiger charge is 2.39. The van der Waals surface area contributed by atoms with Gasteiger partial charge in [-0.3, -0.25) is 4.57 Å². The summed E-state index contributed by atoms with van der Waals surface area (Å²) >= 11 is 0. The fourth-order valence-electron chi connectivity index (χ4n) is 4.09. The van der Waals surface area contributed by atoms with Crippen molar-refractivity contribution in [2.45, 2.75) is 50.5 Å². The smallest absolute Gasteiger partial charge is 0.316 e. The Balaban J connectivity index is 1.39. The summed E-state index contributed by atoms with van der Waals surface area (Å²) in [6.45, 7) is 2.33. The van der Waals surface area contributed by atoms with Crippen molar-refractivity contribution in [2.75, 3.05) is 26.4 Å². The number of hydrogen-bond donors (Lipinski definition) is 2. The van der Waals surface area contributed by atoms with Crippen molar-refractivity contribution in [3.8, 4) is 0 Å². The third kappa shape index (κ3) is 7.19. The van der Waals surface area contributed by atoms with Gasteiger partial charge >= 0.3 is 8.25 Å². The number of unbranched alkanes of at least 4 members (excludes halogenated alkanes) is 2. The predicted molar refractivity (Wildman–Crippen MR) is 121 cm³/mol. The second-order valence-corrected chi connectivity index (χ2v) is 9.20. The van der Waals surface area contributed by atoms with Crippen LogP contribution in [0.25, 0.3) is 0 Å². The standard InChI is InChI=1S/C24H32F2NO4P/c25-22-15-20(16-27-12-7-13-31-32(28)29)23(26)14-19(22)8-3-2-6-11-24(17-30-18-24)21-9-4-1-5-10-21/h1,4-5,9-10,14-15,27,32H,2-3,6-8,11-13,16-18H2,(H,28,29). The van der Waals surface area contributed by atoms with Crippen LogP contribution in [0.15, 0.2) is 42.5 Å². The van der Waals surface area contributed by atoms with E-state index in [2.05, 4.69) is 34.1 Å². The van der Waals surface area contributed by atoms with Gasteiger partial charge in [0.2, 0.25) is 0 Å². The highest BCUT2D eigenvalue weighted by Crippen LogP contribution is 2.37. The molecule has 1 aliphatic heterocycles. The molecule has 8 heteroatoms. The molecule has 0 amide bonds. The zero-order valence-corrected chi connectivity index (χ0v) is 19.2. The zero-order chi connectivity index (χ0) is 22.8. The number of ether oxygens (including phenoxy) is 1. The summed E-state index contributed by atoms with van der Waals surface area (Å²) in [7, 11) is -2.91. The average molecular weight is 467 g/mol. The van der Waals surface area contributed by atoms with Gasteiger partial charge in [-0.1, -0.05) is 43.2 Å². The Labute approximate surface area is 189 Å². The van der Waals surface area contributed by atoms with Crippen LogP contribution in [-0.2, 0) is 32.2 Å². The lowest BCUT2D eigenvalue weighted by molar-refractivity contribution is -0.0654. The number of halogens is 2. The molecule has 5 nitrogen and oxygen atoms in total. The summed E-state index contributed by atoms with van der Waals surface area (Å²) in [6.07, 6.45) is 4.87. The summed E-state index contributed by atoms with van der Waals surface area (Å²) in [4.78, 5) is 8.58. The Morgan fingerprint density at radius 3 is 2.44 bits per heavy atom. The van der Waals surface area contributed by atoms with Gasteiger partial charge in [0.05, 0.1) is 19.8 Å². The highest BCUT2D eigenvalue weighted by molar-refractivity contribution is 7.32. The molecule has 0 saturated carbocycles. The molecule has 0 aromatic heterocycles. The fourth-order valence-corrected chi connectivity index (χ4v) is 4.41. The molecule has 3 rings (SSSR count). The van der Waals surface area contributed by atoms with E-state index in [0.717, 1.165) is 38.9 Å². The van der Waals surface area contributed by atoms with Crippen LogP contribution in [0.3, 0.4) is 0 Å². The van der Waals surface area contributed by atoms with Crippen LogP contribution in [0.1, 0.15) is 48.8 Å². The van der Waals surface area contributed by atoms with Crippen LogP contribution >= 0.6 is 8.25 Å². The quantitative estimate of drug-likeness (QED) is 0.305. The maximum atomic E-state index is 14.4. The summed E-state index contributed by atoms with van der Waals surface area (Å²) in [5.41, 5.74) is 2.12. The summed E-state index contributed by atoms with van der Waals surface area (Å²) < 4.78 is 49.3. The molecule has 0 spiro atoms. The molecule has 1 aliphatic rings. The molecule has 2 N–H and O–H groups in total. The first-order valence-electron chi connectivity index (χ1n) is 11.2. The Bertz CT molecular complexity index is 878. The van der Waals surface area contributed by atoms with E-state index in [1.807, 2.05) is 6.07 Å². The first-order chi connectivity index (χ1) is 15.5. The third-order valence-corrected chi connectivity index (χ3v) is 6.45. The van der Waals surface area contributed by atoms with Gasteiger partial charge in [-0.2, -0.15) is 0 Å². The van der Waals surface area contributed by atoms with Gasteiger partial charge in [0.25, 0.3) is 0 Å². The molecule has 1 fully saturated rings. The summed E-state index contributed by atoms with van der Waals surface area (Å²) in [5, 5.41) is 2.99. The van der Waals surface area contributed by atoms with E-state index >= 15 is 0 Å². The van der Waals surface area contributed by atoms with E-state index < -0.39 is 14.1 Å². The second kappa shape index (κ2) is 12.6. The third-order valence-electron chi connectivity index (χ3n) is 6.00. The maximum Gasteiger partial charge on any atom is 0.316 e. The second-order valence-electron chi connectivity index (χ2n) is 8.38. The van der Waals surface area contributed by atoms with Crippen LogP contribution in [0.2, 0.25) is 0 Å². The van der Waals surface area contributed by atoms with Gasteiger partial charge < -0.3 is 19.5 Å². The lowest BCUT2D eigenvalue weighted by Crippen LogP contribution is -2.46. The van der Waals surface area contributed by atoms with Crippen LogP contribution in [0.5, 0.6) is 0 Å². The van der Waals surface area contributed by atoms with Crippen molar-refractivity contribution in [1.29, 1.82) is 0 Å². The topological polar surface area (TPSA) is 67.8 Å². The highest BCUT2D eigenvalue weighted by atomic mass is 31.1. The Kier molecular flexibility index (Phi) is 9.82. The Morgan fingerprint density at radius 1 is 1.03 bits per heavy atom.